The van der Waals surface area contributed by atoms with Gasteiger partial charge in [0.05, 0.1) is 17.9 Å². The van der Waals surface area contributed by atoms with Crippen LogP contribution in [-0.4, -0.2) is 47.4 Å². The number of thioether (sulfide) groups is 1. The van der Waals surface area contributed by atoms with E-state index >= 15 is 0 Å². The summed E-state index contributed by atoms with van der Waals surface area (Å²) in [6.07, 6.45) is 5.97. The largest absolute Gasteiger partial charge is 0.504 e. The van der Waals surface area contributed by atoms with Crippen molar-refractivity contribution in [1.29, 1.82) is 0 Å². The predicted octanol–water partition coefficient (Wildman–Crippen LogP) is 2.84. The van der Waals surface area contributed by atoms with E-state index in [1.165, 1.54) is 10.9 Å². The van der Waals surface area contributed by atoms with Gasteiger partial charge in [0.1, 0.15) is 0 Å². The summed E-state index contributed by atoms with van der Waals surface area (Å²) in [5.74, 6) is 0.832. The van der Waals surface area contributed by atoms with Crippen LogP contribution >= 0.6 is 11.8 Å². The summed E-state index contributed by atoms with van der Waals surface area (Å²) in [6.45, 7) is 0. The van der Waals surface area contributed by atoms with Crippen molar-refractivity contribution in [2.24, 2.45) is 0 Å². The minimum Gasteiger partial charge on any atom is -0.504 e. The van der Waals surface area contributed by atoms with E-state index in [0.717, 1.165) is 11.4 Å². The lowest BCUT2D eigenvalue weighted by Gasteiger charge is -2.16. The summed E-state index contributed by atoms with van der Waals surface area (Å²) in [5.41, 5.74) is 1.43. The first-order valence-electron chi connectivity index (χ1n) is 9.11. The Hall–Kier alpha value is -3.33. The summed E-state index contributed by atoms with van der Waals surface area (Å²) in [4.78, 5) is 12.9. The normalized spacial score (nSPS) is 12.2. The first-order valence-corrected chi connectivity index (χ1v) is 10.5. The van der Waals surface area contributed by atoms with Crippen LogP contribution in [0.15, 0.2) is 60.9 Å². The third kappa shape index (κ3) is 3.95. The number of pyridine rings is 1. The molecule has 0 radical (unpaired) electrons. The molecule has 0 fully saturated rings. The fourth-order valence-electron chi connectivity index (χ4n) is 3.07. The van der Waals surface area contributed by atoms with Crippen LogP contribution in [0, 0.1) is 0 Å². The van der Waals surface area contributed by atoms with E-state index < -0.39 is 5.91 Å². The molecule has 0 aliphatic rings. The Morgan fingerprint density at radius 2 is 1.97 bits per heavy atom. The first-order chi connectivity index (χ1) is 14.2. The maximum atomic E-state index is 12.9. The lowest BCUT2D eigenvalue weighted by atomic mass is 10.2. The third-order valence-electron chi connectivity index (χ3n) is 4.50. The lowest BCUT2D eigenvalue weighted by Crippen LogP contribution is -2.31. The Labute approximate surface area is 171 Å². The van der Waals surface area contributed by atoms with Gasteiger partial charge >= 0.3 is 0 Å². The highest BCUT2D eigenvalue weighted by Crippen LogP contribution is 2.22. The summed E-state index contributed by atoms with van der Waals surface area (Å²) in [5, 5.41) is 25.9. The van der Waals surface area contributed by atoms with E-state index in [4.69, 9.17) is 0 Å². The van der Waals surface area contributed by atoms with Crippen LogP contribution in [0.2, 0.25) is 0 Å². The van der Waals surface area contributed by atoms with Crippen molar-refractivity contribution in [3.63, 3.8) is 0 Å². The number of aromatic hydroxyl groups is 1. The molecule has 0 bridgehead atoms. The second kappa shape index (κ2) is 8.36. The molecule has 1 atom stereocenters. The Balaban J connectivity index is 1.61. The third-order valence-corrected chi connectivity index (χ3v) is 5.14. The molecule has 3 heterocycles. The van der Waals surface area contributed by atoms with Gasteiger partial charge in [-0.15, -0.1) is 10.2 Å². The number of nitrogens with zero attached hydrogens (tertiary/aromatic N) is 5. The summed E-state index contributed by atoms with van der Waals surface area (Å²) >= 11 is 1.68. The van der Waals surface area contributed by atoms with Crippen molar-refractivity contribution in [3.05, 3.63) is 72.4 Å². The second-order valence-electron chi connectivity index (χ2n) is 6.44. The van der Waals surface area contributed by atoms with E-state index in [-0.39, 0.29) is 17.5 Å². The molecule has 1 unspecified atom stereocenters. The molecule has 148 valence electrons. The number of amides is 1. The number of carbonyl (C=O) groups excluding carboxylic acids is 1. The van der Waals surface area contributed by atoms with E-state index in [0.29, 0.717) is 17.9 Å². The van der Waals surface area contributed by atoms with Gasteiger partial charge in [-0.3, -0.25) is 9.20 Å². The van der Waals surface area contributed by atoms with Gasteiger partial charge in [0.15, 0.2) is 22.9 Å². The molecular formula is C20H20N6O2S. The van der Waals surface area contributed by atoms with Crippen LogP contribution in [0.1, 0.15) is 28.8 Å². The monoisotopic (exact) mass is 408 g/mol. The molecule has 29 heavy (non-hydrogen) atoms. The van der Waals surface area contributed by atoms with E-state index in [1.54, 1.807) is 11.8 Å². The molecule has 8 nitrogen and oxygen atoms in total. The van der Waals surface area contributed by atoms with Crippen molar-refractivity contribution < 1.29 is 9.90 Å². The summed E-state index contributed by atoms with van der Waals surface area (Å²) in [6, 6.07) is 14.6. The van der Waals surface area contributed by atoms with Crippen LogP contribution in [0.3, 0.4) is 0 Å². The molecular weight excluding hydrogens is 388 g/mol. The molecule has 4 rings (SSSR count). The van der Waals surface area contributed by atoms with Crippen LogP contribution in [0.5, 0.6) is 5.75 Å². The number of nitrogens with one attached hydrogen (secondary N) is 1. The Kier molecular flexibility index (Phi) is 5.48. The highest BCUT2D eigenvalue weighted by atomic mass is 32.2. The fraction of sp³-hybridized carbons (Fsp3) is 0.200. The molecule has 1 aromatic carbocycles. The summed E-state index contributed by atoms with van der Waals surface area (Å²) < 4.78 is 3.33. The second-order valence-corrected chi connectivity index (χ2v) is 7.42. The zero-order chi connectivity index (χ0) is 20.2. The van der Waals surface area contributed by atoms with E-state index in [9.17, 15) is 9.90 Å². The average molecular weight is 408 g/mol. The lowest BCUT2D eigenvalue weighted by molar-refractivity contribution is 0.0925. The molecule has 0 saturated heterocycles. The van der Waals surface area contributed by atoms with Crippen LogP contribution in [0.4, 0.5) is 0 Å². The highest BCUT2D eigenvalue weighted by Gasteiger charge is 2.24. The molecule has 2 N–H and O–H groups in total. The van der Waals surface area contributed by atoms with Gasteiger partial charge in [0, 0.05) is 6.20 Å². The highest BCUT2D eigenvalue weighted by molar-refractivity contribution is 7.98. The minimum absolute atomic E-state index is 0.0307. The van der Waals surface area contributed by atoms with Crippen LogP contribution < -0.4 is 5.32 Å². The van der Waals surface area contributed by atoms with Crippen molar-refractivity contribution in [2.45, 2.75) is 12.5 Å². The maximum absolute atomic E-state index is 12.9. The number of rotatable bonds is 7. The number of carbonyl (C=O) groups is 1. The smallest absolute Gasteiger partial charge is 0.276 e. The predicted molar refractivity (Wildman–Crippen MR) is 111 cm³/mol. The Morgan fingerprint density at radius 1 is 1.17 bits per heavy atom. The van der Waals surface area contributed by atoms with Gasteiger partial charge in [-0.05, 0) is 42.7 Å². The van der Waals surface area contributed by atoms with Crippen LogP contribution in [-0.2, 0) is 0 Å². The molecule has 4 aromatic rings. The topological polar surface area (TPSA) is 97.3 Å². The van der Waals surface area contributed by atoms with Crippen molar-refractivity contribution in [2.75, 3.05) is 12.0 Å². The zero-order valence-electron chi connectivity index (χ0n) is 15.8. The Morgan fingerprint density at radius 3 is 2.76 bits per heavy atom. The summed E-state index contributed by atoms with van der Waals surface area (Å²) in [7, 11) is 0. The van der Waals surface area contributed by atoms with E-state index in [2.05, 4.69) is 20.6 Å². The number of para-hydroxylation sites is 1. The van der Waals surface area contributed by atoms with Crippen LogP contribution in [0.25, 0.3) is 11.3 Å². The zero-order valence-corrected chi connectivity index (χ0v) is 16.6. The molecule has 1 amide bonds. The first kappa shape index (κ1) is 19.0. The quantitative estimate of drug-likeness (QED) is 0.488. The van der Waals surface area contributed by atoms with Crippen molar-refractivity contribution in [3.8, 4) is 11.4 Å². The van der Waals surface area contributed by atoms with Gasteiger partial charge < -0.3 is 10.4 Å². The fourth-order valence-corrected chi connectivity index (χ4v) is 3.54. The van der Waals surface area contributed by atoms with Gasteiger partial charge in [0.2, 0.25) is 0 Å². The number of benzene rings is 1. The molecule has 0 aliphatic heterocycles. The number of hydrogen-bond acceptors (Lipinski definition) is 6. The van der Waals surface area contributed by atoms with Gasteiger partial charge in [-0.2, -0.15) is 16.9 Å². The molecule has 9 heteroatoms. The van der Waals surface area contributed by atoms with Gasteiger partial charge in [-0.25, -0.2) is 4.68 Å². The standard InChI is InChI=1S/C20H20N6O2S/c1-29-12-10-15(19-23-22-17-9-5-6-11-25(17)19)21-20(28)18-16(27)13-26(24-18)14-7-3-2-4-8-14/h2-9,11,13,15,27H,10,12H2,1H3,(H,21,28). The van der Waals surface area contributed by atoms with E-state index in [1.807, 2.05) is 65.4 Å². The molecule has 0 saturated carbocycles. The maximum Gasteiger partial charge on any atom is 0.276 e. The van der Waals surface area contributed by atoms with Gasteiger partial charge in [-0.1, -0.05) is 24.3 Å². The Bertz CT molecular complexity index is 1120. The van der Waals surface area contributed by atoms with Crippen molar-refractivity contribution >= 4 is 23.3 Å². The van der Waals surface area contributed by atoms with Crippen molar-refractivity contribution in [1.82, 2.24) is 29.7 Å². The minimum atomic E-state index is -0.462. The number of fused-ring (bicyclic) bond motifs is 1. The molecule has 0 spiro atoms. The SMILES string of the molecule is CSCCC(NC(=O)c1nn(-c2ccccc2)cc1O)c1nnc2ccccn12. The average Bonchev–Trinajstić information content (AvgIpc) is 3.35. The molecule has 3 aromatic heterocycles. The van der Waals surface area contributed by atoms with Gasteiger partial charge in [0.25, 0.3) is 5.91 Å². The number of aromatic nitrogens is 5. The molecule has 0 aliphatic carbocycles. The number of hydrogen-bond donors (Lipinski definition) is 2.